The van der Waals surface area contributed by atoms with Gasteiger partial charge in [-0.3, -0.25) is 9.20 Å². The molecule has 1 N–H and O–H groups in total. The molecule has 0 aliphatic carbocycles. The van der Waals surface area contributed by atoms with Gasteiger partial charge in [0.05, 0.1) is 21.6 Å². The monoisotopic (exact) mass is 383 g/mol. The Morgan fingerprint density at radius 2 is 2.00 bits per heavy atom. The second-order valence-electron chi connectivity index (χ2n) is 6.13. The maximum atomic E-state index is 11.1. The molecule has 0 radical (unpaired) electrons. The Morgan fingerprint density at radius 3 is 2.77 bits per heavy atom. The van der Waals surface area contributed by atoms with Crippen LogP contribution in [0.25, 0.3) is 26.8 Å². The van der Waals surface area contributed by atoms with Gasteiger partial charge in [0.2, 0.25) is 0 Å². The van der Waals surface area contributed by atoms with Crippen LogP contribution < -0.4 is 0 Å². The Balaban J connectivity index is 1.84. The van der Waals surface area contributed by atoms with Crippen LogP contribution in [0.4, 0.5) is 0 Å². The van der Waals surface area contributed by atoms with Gasteiger partial charge in [-0.25, -0.2) is 9.97 Å². The average molecular weight is 383 g/mol. The van der Waals surface area contributed by atoms with Crippen LogP contribution in [0.15, 0.2) is 30.5 Å². The first kappa shape index (κ1) is 16.9. The normalized spacial score (nSPS) is 12.3. The number of allylic oxidation sites excluding steroid dienone is 1. The number of para-hydroxylation sites is 1. The Morgan fingerprint density at radius 1 is 1.19 bits per heavy atom. The number of hydrogen-bond acceptors (Lipinski definition) is 5. The molecule has 0 fully saturated rings. The molecule has 3 heterocycles. The molecule has 0 spiro atoms. The van der Waals surface area contributed by atoms with Crippen LogP contribution in [0.2, 0.25) is 0 Å². The minimum atomic E-state index is -0.807. The van der Waals surface area contributed by atoms with Crippen LogP contribution in [-0.2, 0) is 4.79 Å². The van der Waals surface area contributed by atoms with Gasteiger partial charge in [-0.1, -0.05) is 12.1 Å². The molecule has 1 aromatic carbocycles. The van der Waals surface area contributed by atoms with Crippen molar-refractivity contribution < 1.29 is 9.90 Å². The van der Waals surface area contributed by atoms with E-state index in [0.717, 1.165) is 37.1 Å². The number of carboxylic acids is 1. The van der Waals surface area contributed by atoms with E-state index in [1.165, 1.54) is 4.88 Å². The minimum Gasteiger partial charge on any atom is -0.481 e. The van der Waals surface area contributed by atoms with Gasteiger partial charge in [0, 0.05) is 17.5 Å². The highest BCUT2D eigenvalue weighted by atomic mass is 32.1. The number of imidazole rings is 1. The van der Waals surface area contributed by atoms with Crippen LogP contribution in [0.1, 0.15) is 34.1 Å². The predicted molar refractivity (Wildman–Crippen MR) is 107 cm³/mol. The van der Waals surface area contributed by atoms with Gasteiger partial charge in [-0.2, -0.15) is 0 Å². The molecular formula is C19H17N3O2S2. The summed E-state index contributed by atoms with van der Waals surface area (Å²) in [6.07, 6.45) is 4.62. The zero-order chi connectivity index (χ0) is 18.3. The molecule has 3 aromatic heterocycles. The van der Waals surface area contributed by atoms with E-state index in [-0.39, 0.29) is 6.42 Å². The first-order valence-corrected chi connectivity index (χ1v) is 9.88. The summed E-state index contributed by atoms with van der Waals surface area (Å²) in [5.74, 6) is -0.807. The highest BCUT2D eigenvalue weighted by Crippen LogP contribution is 2.32. The third-order valence-corrected chi connectivity index (χ3v) is 6.16. The number of aryl methyl sites for hydroxylation is 2. The summed E-state index contributed by atoms with van der Waals surface area (Å²) in [6, 6.07) is 7.97. The molecule has 5 nitrogen and oxygen atoms in total. The van der Waals surface area contributed by atoms with Crippen molar-refractivity contribution in [2.75, 3.05) is 0 Å². The average Bonchev–Trinajstić information content (AvgIpc) is 3.24. The van der Waals surface area contributed by atoms with E-state index in [1.54, 1.807) is 22.7 Å². The maximum absolute atomic E-state index is 11.1. The molecule has 0 bridgehead atoms. The van der Waals surface area contributed by atoms with E-state index in [9.17, 15) is 4.79 Å². The van der Waals surface area contributed by atoms with Crippen molar-refractivity contribution in [3.8, 4) is 0 Å². The predicted octanol–water partition coefficient (Wildman–Crippen LogP) is 5.03. The zero-order valence-corrected chi connectivity index (χ0v) is 16.0. The molecule has 0 amide bonds. The van der Waals surface area contributed by atoms with Crippen LogP contribution in [0.5, 0.6) is 0 Å². The van der Waals surface area contributed by atoms with Gasteiger partial charge in [0.1, 0.15) is 5.01 Å². The SMILES string of the molecule is Cc1cn2c(C=C(CCC(=O)O)c3nc4ccccc4s3)c(C)nc2s1. The number of carboxylic acid groups (broad SMARTS) is 1. The fourth-order valence-corrected chi connectivity index (χ4v) is 4.80. The number of benzene rings is 1. The lowest BCUT2D eigenvalue weighted by Crippen LogP contribution is -1.96. The lowest BCUT2D eigenvalue weighted by molar-refractivity contribution is -0.136. The van der Waals surface area contributed by atoms with Gasteiger partial charge in [-0.05, 0) is 44.1 Å². The molecule has 4 aromatic rings. The lowest BCUT2D eigenvalue weighted by atomic mass is 10.1. The van der Waals surface area contributed by atoms with Gasteiger partial charge in [-0.15, -0.1) is 22.7 Å². The molecule has 7 heteroatoms. The second kappa shape index (κ2) is 6.66. The summed E-state index contributed by atoms with van der Waals surface area (Å²) >= 11 is 3.24. The van der Waals surface area contributed by atoms with E-state index in [2.05, 4.69) is 22.5 Å². The standard InChI is InChI=1S/C19H17N3O2S2/c1-11-10-22-15(12(2)20-19(22)25-11)9-13(7-8-17(23)24)18-21-14-5-3-4-6-16(14)26-18/h3-6,9-10H,7-8H2,1-2H3,(H,23,24). The van der Waals surface area contributed by atoms with Crippen molar-refractivity contribution >= 4 is 55.5 Å². The molecule has 4 rings (SSSR count). The number of fused-ring (bicyclic) bond motifs is 2. The smallest absolute Gasteiger partial charge is 0.303 e. The maximum Gasteiger partial charge on any atom is 0.303 e. The largest absolute Gasteiger partial charge is 0.481 e. The van der Waals surface area contributed by atoms with Gasteiger partial charge in [0.25, 0.3) is 0 Å². The van der Waals surface area contributed by atoms with Crippen molar-refractivity contribution in [3.63, 3.8) is 0 Å². The quantitative estimate of drug-likeness (QED) is 0.525. The van der Waals surface area contributed by atoms with E-state index in [4.69, 9.17) is 10.1 Å². The fourth-order valence-electron chi connectivity index (χ4n) is 2.91. The summed E-state index contributed by atoms with van der Waals surface area (Å²) in [5.41, 5.74) is 3.80. The highest BCUT2D eigenvalue weighted by Gasteiger charge is 2.15. The molecule has 0 unspecified atom stereocenters. The van der Waals surface area contributed by atoms with Gasteiger partial charge in [0.15, 0.2) is 4.96 Å². The van der Waals surface area contributed by atoms with Crippen molar-refractivity contribution in [1.29, 1.82) is 0 Å². The Bertz CT molecular complexity index is 1120. The van der Waals surface area contributed by atoms with Crippen LogP contribution in [0.3, 0.4) is 0 Å². The minimum absolute atomic E-state index is 0.0748. The van der Waals surface area contributed by atoms with Gasteiger partial charge >= 0.3 is 5.97 Å². The second-order valence-corrected chi connectivity index (χ2v) is 8.37. The molecule has 26 heavy (non-hydrogen) atoms. The van der Waals surface area contributed by atoms with E-state index in [0.29, 0.717) is 6.42 Å². The molecule has 0 atom stereocenters. The number of nitrogens with zero attached hydrogens (tertiary/aromatic N) is 3. The molecule has 0 saturated heterocycles. The van der Waals surface area contributed by atoms with E-state index >= 15 is 0 Å². The molecule has 132 valence electrons. The lowest BCUT2D eigenvalue weighted by Gasteiger charge is -2.03. The van der Waals surface area contributed by atoms with Crippen LogP contribution in [-0.4, -0.2) is 25.4 Å². The number of aliphatic carboxylic acids is 1. The van der Waals surface area contributed by atoms with Crippen molar-refractivity contribution in [2.45, 2.75) is 26.7 Å². The molecule has 0 aliphatic heterocycles. The highest BCUT2D eigenvalue weighted by molar-refractivity contribution is 7.19. The van der Waals surface area contributed by atoms with E-state index in [1.807, 2.05) is 37.3 Å². The van der Waals surface area contributed by atoms with E-state index < -0.39 is 5.97 Å². The third kappa shape index (κ3) is 3.15. The number of carbonyl (C=O) groups is 1. The number of hydrogen-bond donors (Lipinski definition) is 1. The summed E-state index contributed by atoms with van der Waals surface area (Å²) in [7, 11) is 0. The first-order valence-electron chi connectivity index (χ1n) is 8.24. The summed E-state index contributed by atoms with van der Waals surface area (Å²) in [4.78, 5) is 22.6. The van der Waals surface area contributed by atoms with Crippen LogP contribution in [0, 0.1) is 13.8 Å². The summed E-state index contributed by atoms with van der Waals surface area (Å²) < 4.78 is 3.17. The molecule has 0 saturated carbocycles. The van der Waals surface area contributed by atoms with Crippen molar-refractivity contribution in [3.05, 3.63) is 51.7 Å². The van der Waals surface area contributed by atoms with Crippen LogP contribution >= 0.6 is 22.7 Å². The Labute approximate surface area is 158 Å². The number of aromatic nitrogens is 3. The van der Waals surface area contributed by atoms with Crippen molar-refractivity contribution in [2.24, 2.45) is 0 Å². The first-order chi connectivity index (χ1) is 12.5. The fraction of sp³-hybridized carbons (Fsp3) is 0.211. The summed E-state index contributed by atoms with van der Waals surface area (Å²) in [6.45, 7) is 4.04. The third-order valence-electron chi connectivity index (χ3n) is 4.15. The molecular weight excluding hydrogens is 366 g/mol. The number of rotatable bonds is 5. The Kier molecular flexibility index (Phi) is 4.34. The summed E-state index contributed by atoms with van der Waals surface area (Å²) in [5, 5.41) is 10.0. The topological polar surface area (TPSA) is 67.5 Å². The van der Waals surface area contributed by atoms with Crippen molar-refractivity contribution in [1.82, 2.24) is 14.4 Å². The molecule has 0 aliphatic rings. The Hall–Kier alpha value is -2.51. The van der Waals surface area contributed by atoms with Gasteiger partial charge < -0.3 is 5.11 Å². The zero-order valence-electron chi connectivity index (χ0n) is 14.4. The number of thiazole rings is 2.